The van der Waals surface area contributed by atoms with Crippen LogP contribution < -0.4 is 5.32 Å². The van der Waals surface area contributed by atoms with Crippen molar-refractivity contribution in [2.45, 2.75) is 83.4 Å². The summed E-state index contributed by atoms with van der Waals surface area (Å²) in [5.74, 6) is -0.733. The van der Waals surface area contributed by atoms with E-state index in [9.17, 15) is 9.90 Å². The number of carboxylic acids is 1. The van der Waals surface area contributed by atoms with Crippen LogP contribution in [0.4, 0.5) is 0 Å². The molecule has 0 saturated heterocycles. The van der Waals surface area contributed by atoms with Gasteiger partial charge in [0.1, 0.15) is 5.54 Å². The Labute approximate surface area is 116 Å². The quantitative estimate of drug-likeness (QED) is 0.666. The first-order valence-electron chi connectivity index (χ1n) is 7.63. The molecule has 1 fully saturated rings. The number of nitrogens with one attached hydrogen (secondary N) is 1. The van der Waals surface area contributed by atoms with Gasteiger partial charge in [0.2, 0.25) is 0 Å². The second kappa shape index (κ2) is 7.85. The van der Waals surface area contributed by atoms with Crippen molar-refractivity contribution in [2.75, 3.05) is 6.61 Å². The van der Waals surface area contributed by atoms with Gasteiger partial charge in [0.05, 0.1) is 6.10 Å². The fourth-order valence-corrected chi connectivity index (χ4v) is 2.91. The highest BCUT2D eigenvalue weighted by molar-refractivity contribution is 5.79. The number of unbranched alkanes of at least 4 members (excludes halogenated alkanes) is 2. The van der Waals surface area contributed by atoms with Gasteiger partial charge in [0.15, 0.2) is 0 Å². The van der Waals surface area contributed by atoms with Crippen LogP contribution in [0.15, 0.2) is 0 Å². The van der Waals surface area contributed by atoms with Crippen LogP contribution in [-0.2, 0) is 9.53 Å². The van der Waals surface area contributed by atoms with E-state index in [2.05, 4.69) is 12.2 Å². The van der Waals surface area contributed by atoms with Gasteiger partial charge < -0.3 is 9.84 Å². The fourth-order valence-electron chi connectivity index (χ4n) is 2.91. The molecule has 1 rings (SSSR count). The molecule has 0 bridgehead atoms. The Bertz CT molecular complexity index is 281. The van der Waals surface area contributed by atoms with E-state index in [0.717, 1.165) is 25.9 Å². The van der Waals surface area contributed by atoms with Crippen LogP contribution in [0.2, 0.25) is 0 Å². The number of ether oxygens (including phenoxy) is 1. The van der Waals surface area contributed by atoms with Crippen molar-refractivity contribution in [1.29, 1.82) is 0 Å². The highest BCUT2D eigenvalue weighted by Crippen LogP contribution is 2.31. The lowest BCUT2D eigenvalue weighted by atomic mass is 9.79. The third-order valence-electron chi connectivity index (χ3n) is 3.78. The molecule has 19 heavy (non-hydrogen) atoms. The maximum atomic E-state index is 11.6. The molecule has 0 amide bonds. The molecule has 2 unspecified atom stereocenters. The molecular formula is C15H29NO3. The predicted octanol–water partition coefficient (Wildman–Crippen LogP) is 2.96. The van der Waals surface area contributed by atoms with Gasteiger partial charge in [-0.25, -0.2) is 0 Å². The molecular weight excluding hydrogens is 242 g/mol. The molecule has 2 atom stereocenters. The molecule has 112 valence electrons. The Kier molecular flexibility index (Phi) is 6.80. The summed E-state index contributed by atoms with van der Waals surface area (Å²) in [7, 11) is 0. The lowest BCUT2D eigenvalue weighted by molar-refractivity contribution is -0.149. The molecule has 4 heteroatoms. The van der Waals surface area contributed by atoms with Crippen LogP contribution in [0.1, 0.15) is 65.7 Å². The number of carbonyl (C=O) groups is 1. The van der Waals surface area contributed by atoms with E-state index in [1.54, 1.807) is 0 Å². The van der Waals surface area contributed by atoms with Gasteiger partial charge in [-0.3, -0.25) is 10.1 Å². The normalized spacial score (nSPS) is 27.7. The Hall–Kier alpha value is -0.610. The highest BCUT2D eigenvalue weighted by Gasteiger charge is 2.43. The van der Waals surface area contributed by atoms with E-state index in [0.29, 0.717) is 12.8 Å². The van der Waals surface area contributed by atoms with Crippen molar-refractivity contribution >= 4 is 5.97 Å². The molecule has 0 radical (unpaired) electrons. The third-order valence-corrected chi connectivity index (χ3v) is 3.78. The molecule has 1 saturated carbocycles. The number of carboxylic acid groups (broad SMARTS) is 1. The predicted molar refractivity (Wildman–Crippen MR) is 76.4 cm³/mol. The minimum absolute atomic E-state index is 0.0907. The Morgan fingerprint density at radius 1 is 1.47 bits per heavy atom. The zero-order valence-corrected chi connectivity index (χ0v) is 12.6. The smallest absolute Gasteiger partial charge is 0.324 e. The molecule has 0 aliphatic heterocycles. The van der Waals surface area contributed by atoms with Crippen molar-refractivity contribution in [3.63, 3.8) is 0 Å². The summed E-state index contributed by atoms with van der Waals surface area (Å²) in [6.07, 6.45) is 6.73. The molecule has 0 spiro atoms. The summed E-state index contributed by atoms with van der Waals surface area (Å²) in [6.45, 7) is 6.92. The molecule has 0 aromatic carbocycles. The van der Waals surface area contributed by atoms with Crippen LogP contribution in [0, 0.1) is 0 Å². The van der Waals surface area contributed by atoms with Crippen molar-refractivity contribution < 1.29 is 14.6 Å². The van der Waals surface area contributed by atoms with E-state index >= 15 is 0 Å². The van der Waals surface area contributed by atoms with Crippen molar-refractivity contribution in [1.82, 2.24) is 5.32 Å². The maximum Gasteiger partial charge on any atom is 0.324 e. The Morgan fingerprint density at radius 2 is 2.21 bits per heavy atom. The van der Waals surface area contributed by atoms with Gasteiger partial charge in [-0.2, -0.15) is 0 Å². The van der Waals surface area contributed by atoms with Gasteiger partial charge in [-0.1, -0.05) is 19.8 Å². The number of hydrogen-bond donors (Lipinski definition) is 2. The average molecular weight is 271 g/mol. The molecule has 0 aromatic heterocycles. The fraction of sp³-hybridized carbons (Fsp3) is 0.933. The number of aliphatic carboxylic acids is 1. The second-order valence-electron chi connectivity index (χ2n) is 5.98. The topological polar surface area (TPSA) is 58.6 Å². The highest BCUT2D eigenvalue weighted by atomic mass is 16.5. The summed E-state index contributed by atoms with van der Waals surface area (Å²) in [6, 6.07) is 0.176. The van der Waals surface area contributed by atoms with Gasteiger partial charge in [-0.05, 0) is 39.5 Å². The summed E-state index contributed by atoms with van der Waals surface area (Å²) >= 11 is 0. The van der Waals surface area contributed by atoms with E-state index in [1.807, 2.05) is 13.8 Å². The van der Waals surface area contributed by atoms with Gasteiger partial charge >= 0.3 is 5.97 Å². The Morgan fingerprint density at radius 3 is 2.79 bits per heavy atom. The van der Waals surface area contributed by atoms with Gasteiger partial charge in [-0.15, -0.1) is 0 Å². The summed E-state index contributed by atoms with van der Waals surface area (Å²) in [5, 5.41) is 12.8. The lowest BCUT2D eigenvalue weighted by Gasteiger charge is -2.39. The third kappa shape index (κ3) is 5.11. The molecule has 4 nitrogen and oxygen atoms in total. The lowest BCUT2D eigenvalue weighted by Crippen LogP contribution is -2.58. The standard InChI is InChI=1S/C15H29NO3/c1-4-5-6-10-19-13-8-7-9-15(11-13,14(17)18)16-12(2)3/h12-13,16H,4-11H2,1-3H3,(H,17,18). The minimum atomic E-state index is -0.790. The van der Waals surface area contributed by atoms with Crippen LogP contribution in [0.3, 0.4) is 0 Å². The monoisotopic (exact) mass is 271 g/mol. The first-order valence-corrected chi connectivity index (χ1v) is 7.63. The summed E-state index contributed by atoms with van der Waals surface area (Å²) in [4.78, 5) is 11.6. The van der Waals surface area contributed by atoms with Crippen LogP contribution in [0.25, 0.3) is 0 Å². The summed E-state index contributed by atoms with van der Waals surface area (Å²) < 4.78 is 5.87. The van der Waals surface area contributed by atoms with E-state index in [-0.39, 0.29) is 12.1 Å². The zero-order chi connectivity index (χ0) is 14.3. The summed E-state index contributed by atoms with van der Waals surface area (Å²) in [5.41, 5.74) is -0.790. The molecule has 2 N–H and O–H groups in total. The maximum absolute atomic E-state index is 11.6. The number of rotatable bonds is 8. The first-order chi connectivity index (χ1) is 9.00. The van der Waals surface area contributed by atoms with Gasteiger partial charge in [0, 0.05) is 19.1 Å². The largest absolute Gasteiger partial charge is 0.480 e. The van der Waals surface area contributed by atoms with E-state index < -0.39 is 11.5 Å². The average Bonchev–Trinajstić information content (AvgIpc) is 2.34. The number of hydrogen-bond acceptors (Lipinski definition) is 3. The van der Waals surface area contributed by atoms with Crippen LogP contribution in [-0.4, -0.2) is 35.4 Å². The Balaban J connectivity index is 2.51. The molecule has 1 aliphatic rings. The molecule has 0 aromatic rings. The van der Waals surface area contributed by atoms with Crippen LogP contribution >= 0.6 is 0 Å². The SMILES string of the molecule is CCCCCOC1CCCC(NC(C)C)(C(=O)O)C1. The van der Waals surface area contributed by atoms with E-state index in [1.165, 1.54) is 12.8 Å². The van der Waals surface area contributed by atoms with E-state index in [4.69, 9.17) is 4.74 Å². The van der Waals surface area contributed by atoms with Crippen LogP contribution in [0.5, 0.6) is 0 Å². The zero-order valence-electron chi connectivity index (χ0n) is 12.6. The van der Waals surface area contributed by atoms with Crippen molar-refractivity contribution in [3.8, 4) is 0 Å². The molecule has 0 heterocycles. The van der Waals surface area contributed by atoms with Gasteiger partial charge in [0.25, 0.3) is 0 Å². The first kappa shape index (κ1) is 16.4. The van der Waals surface area contributed by atoms with Crippen molar-refractivity contribution in [3.05, 3.63) is 0 Å². The second-order valence-corrected chi connectivity index (χ2v) is 5.98. The minimum Gasteiger partial charge on any atom is -0.480 e. The molecule has 1 aliphatic carbocycles. The van der Waals surface area contributed by atoms with Crippen molar-refractivity contribution in [2.24, 2.45) is 0 Å².